The highest BCUT2D eigenvalue weighted by molar-refractivity contribution is 7.25. The average molecular weight is 504 g/mol. The first-order valence-corrected chi connectivity index (χ1v) is 14.1. The normalized spacial score (nSPS) is 13.2. The second kappa shape index (κ2) is 8.58. The van der Waals surface area contributed by atoms with E-state index in [-0.39, 0.29) is 0 Å². The van der Waals surface area contributed by atoms with Crippen molar-refractivity contribution in [2.45, 2.75) is 12.8 Å². The Bertz CT molecular complexity index is 2020. The number of allylic oxidation sites excluding steroid dienone is 1. The van der Waals surface area contributed by atoms with E-state index in [0.29, 0.717) is 0 Å². The smallest absolute Gasteiger partial charge is 0.0500 e. The predicted octanol–water partition coefficient (Wildman–Crippen LogP) is 10.2. The minimum atomic E-state index is 1.06. The van der Waals surface area contributed by atoms with Crippen LogP contribution >= 0.6 is 11.3 Å². The van der Waals surface area contributed by atoms with Crippen molar-refractivity contribution in [3.8, 4) is 22.3 Å². The van der Waals surface area contributed by atoms with E-state index in [4.69, 9.17) is 0 Å². The van der Waals surface area contributed by atoms with Gasteiger partial charge in [0.15, 0.2) is 0 Å². The van der Waals surface area contributed by atoms with Crippen LogP contribution in [0.4, 0.5) is 0 Å². The monoisotopic (exact) mass is 503 g/mol. The number of H-pyrrole nitrogens is 1. The molecular weight excluding hydrogens is 478 g/mol. The Morgan fingerprint density at radius 3 is 2.13 bits per heavy atom. The number of benzene rings is 5. The molecule has 38 heavy (non-hydrogen) atoms. The Labute approximate surface area is 225 Å². The zero-order chi connectivity index (χ0) is 25.1. The summed E-state index contributed by atoms with van der Waals surface area (Å²) in [6.45, 7) is 0. The molecule has 0 saturated heterocycles. The van der Waals surface area contributed by atoms with Crippen molar-refractivity contribution in [2.75, 3.05) is 0 Å². The molecule has 0 amide bonds. The lowest BCUT2D eigenvalue weighted by Gasteiger charge is -2.17. The second-order valence-electron chi connectivity index (χ2n) is 10.2. The Hall–Kier alpha value is -4.40. The maximum atomic E-state index is 3.76. The molecule has 1 N–H and O–H groups in total. The van der Waals surface area contributed by atoms with Gasteiger partial charge >= 0.3 is 0 Å². The summed E-state index contributed by atoms with van der Waals surface area (Å²) in [6.07, 6.45) is 4.56. The standard InChI is InChI=1S/C36H25NS/c1-2-9-23(10-3-1)25-19-26(24-17-18-31-30-12-5-7-16-34(30)38-35(31)22-24)21-27(20-25)28-13-8-14-32-29-11-4-6-15-33(29)37-36(28)32/h1-7,9-13,15-22,37H,8,14H2. The second-order valence-corrected chi connectivity index (χ2v) is 11.2. The molecule has 7 aromatic rings. The quantitative estimate of drug-likeness (QED) is 0.247. The summed E-state index contributed by atoms with van der Waals surface area (Å²) in [5.74, 6) is 0. The largest absolute Gasteiger partial charge is 0.354 e. The maximum absolute atomic E-state index is 3.76. The molecular formula is C36H25NS. The Balaban J connectivity index is 1.33. The van der Waals surface area contributed by atoms with Crippen molar-refractivity contribution in [2.24, 2.45) is 0 Å². The molecule has 0 fully saturated rings. The molecule has 2 aromatic heterocycles. The third-order valence-electron chi connectivity index (χ3n) is 7.89. The van der Waals surface area contributed by atoms with Gasteiger partial charge in [0.05, 0.1) is 0 Å². The van der Waals surface area contributed by atoms with E-state index >= 15 is 0 Å². The van der Waals surface area contributed by atoms with Gasteiger partial charge in [0.25, 0.3) is 0 Å². The summed E-state index contributed by atoms with van der Waals surface area (Å²) in [6, 6.07) is 42.2. The van der Waals surface area contributed by atoms with Crippen LogP contribution in [0, 0.1) is 0 Å². The van der Waals surface area contributed by atoms with Crippen LogP contribution in [-0.2, 0) is 6.42 Å². The number of rotatable bonds is 3. The fraction of sp³-hybridized carbons (Fsp3) is 0.0556. The van der Waals surface area contributed by atoms with Gasteiger partial charge in [-0.25, -0.2) is 0 Å². The highest BCUT2D eigenvalue weighted by Gasteiger charge is 2.20. The van der Waals surface area contributed by atoms with Crippen molar-refractivity contribution in [3.63, 3.8) is 0 Å². The molecule has 0 unspecified atom stereocenters. The minimum Gasteiger partial charge on any atom is -0.354 e. The lowest BCUT2D eigenvalue weighted by molar-refractivity contribution is 0.983. The summed E-state index contributed by atoms with van der Waals surface area (Å²) in [4.78, 5) is 3.76. The van der Waals surface area contributed by atoms with Gasteiger partial charge in [-0.2, -0.15) is 0 Å². The van der Waals surface area contributed by atoms with E-state index in [1.165, 1.54) is 75.7 Å². The fourth-order valence-corrected chi connectivity index (χ4v) is 7.21. The van der Waals surface area contributed by atoms with E-state index in [1.807, 2.05) is 11.3 Å². The topological polar surface area (TPSA) is 15.8 Å². The fourth-order valence-electron chi connectivity index (χ4n) is 6.07. The average Bonchev–Trinajstić information content (AvgIpc) is 3.55. The number of thiophene rings is 1. The molecule has 1 nitrogen and oxygen atoms in total. The summed E-state index contributed by atoms with van der Waals surface area (Å²) < 4.78 is 2.68. The first kappa shape index (κ1) is 21.7. The van der Waals surface area contributed by atoms with Crippen molar-refractivity contribution >= 4 is 48.0 Å². The van der Waals surface area contributed by atoms with Crippen LogP contribution in [0.3, 0.4) is 0 Å². The Morgan fingerprint density at radius 2 is 1.24 bits per heavy atom. The zero-order valence-electron chi connectivity index (χ0n) is 20.9. The number of aromatic nitrogens is 1. The lowest BCUT2D eigenvalue weighted by Crippen LogP contribution is -2.00. The van der Waals surface area contributed by atoms with Gasteiger partial charge in [0.2, 0.25) is 0 Å². The van der Waals surface area contributed by atoms with Gasteiger partial charge in [0.1, 0.15) is 0 Å². The van der Waals surface area contributed by atoms with Gasteiger partial charge in [-0.1, -0.05) is 84.9 Å². The Kier molecular flexibility index (Phi) is 4.89. The van der Waals surface area contributed by atoms with Crippen LogP contribution in [-0.4, -0.2) is 4.98 Å². The van der Waals surface area contributed by atoms with Crippen molar-refractivity contribution in [1.82, 2.24) is 4.98 Å². The number of fused-ring (bicyclic) bond motifs is 6. The molecule has 0 saturated carbocycles. The van der Waals surface area contributed by atoms with Crippen LogP contribution in [0.2, 0.25) is 0 Å². The zero-order valence-corrected chi connectivity index (χ0v) is 21.7. The molecule has 0 radical (unpaired) electrons. The third kappa shape index (κ3) is 3.45. The van der Waals surface area contributed by atoms with Crippen LogP contribution in [0.1, 0.15) is 23.2 Å². The van der Waals surface area contributed by atoms with Crippen LogP contribution in [0.5, 0.6) is 0 Å². The summed E-state index contributed by atoms with van der Waals surface area (Å²) in [5.41, 5.74) is 11.5. The number of hydrogen-bond donors (Lipinski definition) is 1. The molecule has 180 valence electrons. The van der Waals surface area contributed by atoms with Crippen LogP contribution < -0.4 is 0 Å². The van der Waals surface area contributed by atoms with Gasteiger partial charge in [-0.3, -0.25) is 0 Å². The molecule has 1 aliphatic carbocycles. The van der Waals surface area contributed by atoms with E-state index in [0.717, 1.165) is 12.8 Å². The molecule has 8 rings (SSSR count). The third-order valence-corrected chi connectivity index (χ3v) is 9.02. The number of para-hydroxylation sites is 1. The summed E-state index contributed by atoms with van der Waals surface area (Å²) >= 11 is 1.88. The number of nitrogens with one attached hydrogen (secondary N) is 1. The number of aromatic amines is 1. The maximum Gasteiger partial charge on any atom is 0.0500 e. The highest BCUT2D eigenvalue weighted by Crippen LogP contribution is 2.41. The van der Waals surface area contributed by atoms with Crippen molar-refractivity contribution < 1.29 is 0 Å². The minimum absolute atomic E-state index is 1.06. The SMILES string of the molecule is C1=C(c2cc(-c3ccccc3)cc(-c3ccc4c(c3)sc3ccccc34)c2)c2[nH]c3ccccc3c2CC1. The van der Waals surface area contributed by atoms with E-state index < -0.39 is 0 Å². The summed E-state index contributed by atoms with van der Waals surface area (Å²) in [5, 5.41) is 4.03. The number of hydrogen-bond acceptors (Lipinski definition) is 1. The van der Waals surface area contributed by atoms with E-state index in [2.05, 4.69) is 126 Å². The van der Waals surface area contributed by atoms with Crippen LogP contribution in [0.25, 0.3) is 58.9 Å². The van der Waals surface area contributed by atoms with E-state index in [9.17, 15) is 0 Å². The molecule has 0 bridgehead atoms. The molecule has 0 aliphatic heterocycles. The molecule has 0 atom stereocenters. The van der Waals surface area contributed by atoms with Crippen molar-refractivity contribution in [1.29, 1.82) is 0 Å². The van der Waals surface area contributed by atoms with Gasteiger partial charge in [-0.15, -0.1) is 11.3 Å². The molecule has 2 heterocycles. The predicted molar refractivity (Wildman–Crippen MR) is 164 cm³/mol. The first-order chi connectivity index (χ1) is 18.8. The number of aryl methyl sites for hydroxylation is 1. The summed E-state index contributed by atoms with van der Waals surface area (Å²) in [7, 11) is 0. The molecule has 1 aliphatic rings. The molecule has 0 spiro atoms. The molecule has 5 aromatic carbocycles. The van der Waals surface area contributed by atoms with Gasteiger partial charge < -0.3 is 4.98 Å². The highest BCUT2D eigenvalue weighted by atomic mass is 32.1. The van der Waals surface area contributed by atoms with Gasteiger partial charge in [-0.05, 0) is 82.6 Å². The Morgan fingerprint density at radius 1 is 0.526 bits per heavy atom. The van der Waals surface area contributed by atoms with E-state index in [1.54, 1.807) is 0 Å². The molecule has 2 heteroatoms. The first-order valence-electron chi connectivity index (χ1n) is 13.2. The van der Waals surface area contributed by atoms with Gasteiger partial charge in [0, 0.05) is 42.3 Å². The van der Waals surface area contributed by atoms with Crippen molar-refractivity contribution in [3.05, 3.63) is 138 Å². The lowest BCUT2D eigenvalue weighted by atomic mass is 9.87. The van der Waals surface area contributed by atoms with Crippen LogP contribution in [0.15, 0.2) is 121 Å².